The van der Waals surface area contributed by atoms with Crippen molar-refractivity contribution in [2.75, 3.05) is 31.1 Å². The van der Waals surface area contributed by atoms with Crippen LogP contribution in [0.3, 0.4) is 0 Å². The van der Waals surface area contributed by atoms with Crippen LogP contribution in [0.15, 0.2) is 42.5 Å². The molecule has 0 aliphatic carbocycles. The number of carbonyl (C=O) groups excluding carboxylic acids is 1. The molecule has 136 valence electrons. The van der Waals surface area contributed by atoms with E-state index < -0.39 is 0 Å². The van der Waals surface area contributed by atoms with Crippen LogP contribution in [0.5, 0.6) is 11.5 Å². The molecule has 0 radical (unpaired) electrons. The van der Waals surface area contributed by atoms with Crippen molar-refractivity contribution in [1.82, 2.24) is 4.90 Å². The van der Waals surface area contributed by atoms with E-state index in [0.29, 0.717) is 41.8 Å². The molecule has 0 atom stereocenters. The third kappa shape index (κ3) is 4.23. The normalized spacial score (nSPS) is 14.8. The Labute approximate surface area is 161 Å². The van der Waals surface area contributed by atoms with Crippen LogP contribution in [0.1, 0.15) is 5.56 Å². The highest BCUT2D eigenvalue weighted by Crippen LogP contribution is 2.28. The molecule has 1 amide bonds. The summed E-state index contributed by atoms with van der Waals surface area (Å²) in [5.74, 6) is -0.493. The second kappa shape index (κ2) is 7.89. The van der Waals surface area contributed by atoms with Crippen LogP contribution >= 0.6 is 23.2 Å². The lowest BCUT2D eigenvalue weighted by atomic mass is 10.2. The Morgan fingerprint density at radius 3 is 2.31 bits per heavy atom. The van der Waals surface area contributed by atoms with Crippen LogP contribution in [0, 0.1) is 0 Å². The van der Waals surface area contributed by atoms with Gasteiger partial charge in [-0.1, -0.05) is 29.3 Å². The fourth-order valence-electron chi connectivity index (χ4n) is 2.78. The minimum atomic E-state index is -0.213. The number of hydrogen-bond donors (Lipinski definition) is 2. The minimum absolute atomic E-state index is 0.0913. The van der Waals surface area contributed by atoms with E-state index in [9.17, 15) is 15.0 Å². The van der Waals surface area contributed by atoms with Gasteiger partial charge in [0.25, 0.3) is 0 Å². The van der Waals surface area contributed by atoms with Gasteiger partial charge in [0.1, 0.15) is 0 Å². The molecule has 0 bridgehead atoms. The number of piperazine rings is 1. The number of phenolic OH excluding ortho intramolecular Hbond substituents is 2. The maximum absolute atomic E-state index is 12.3. The molecule has 0 saturated carbocycles. The number of carbonyl (C=O) groups is 1. The zero-order valence-electron chi connectivity index (χ0n) is 13.9. The van der Waals surface area contributed by atoms with E-state index in [0.717, 1.165) is 5.69 Å². The first-order chi connectivity index (χ1) is 12.4. The fourth-order valence-corrected chi connectivity index (χ4v) is 3.08. The van der Waals surface area contributed by atoms with E-state index in [2.05, 4.69) is 4.90 Å². The Hall–Kier alpha value is -2.37. The van der Waals surface area contributed by atoms with Crippen LogP contribution in [-0.2, 0) is 4.79 Å². The van der Waals surface area contributed by atoms with Gasteiger partial charge >= 0.3 is 0 Å². The Kier molecular flexibility index (Phi) is 5.59. The Morgan fingerprint density at radius 1 is 0.923 bits per heavy atom. The first-order valence-corrected chi connectivity index (χ1v) is 8.88. The summed E-state index contributed by atoms with van der Waals surface area (Å²) in [4.78, 5) is 16.3. The molecule has 1 aliphatic heterocycles. The average molecular weight is 393 g/mol. The summed E-state index contributed by atoms with van der Waals surface area (Å²) in [6, 6.07) is 9.94. The summed E-state index contributed by atoms with van der Waals surface area (Å²) in [7, 11) is 0. The highest BCUT2D eigenvalue weighted by molar-refractivity contribution is 6.42. The molecule has 0 aromatic heterocycles. The van der Waals surface area contributed by atoms with Crippen LogP contribution in [0.25, 0.3) is 6.08 Å². The Bertz CT molecular complexity index is 847. The average Bonchev–Trinajstić information content (AvgIpc) is 2.65. The number of rotatable bonds is 3. The number of halogens is 2. The van der Waals surface area contributed by atoms with Crippen LogP contribution in [0.4, 0.5) is 5.69 Å². The van der Waals surface area contributed by atoms with Gasteiger partial charge in [-0.2, -0.15) is 0 Å². The number of nitrogens with zero attached hydrogens (tertiary/aromatic N) is 2. The summed E-state index contributed by atoms with van der Waals surface area (Å²) < 4.78 is 0. The van der Waals surface area contributed by atoms with Gasteiger partial charge in [-0.05, 0) is 42.0 Å². The van der Waals surface area contributed by atoms with E-state index in [1.807, 2.05) is 12.1 Å². The molecule has 2 aromatic rings. The number of phenols is 2. The van der Waals surface area contributed by atoms with Gasteiger partial charge in [0.2, 0.25) is 5.91 Å². The molecule has 1 heterocycles. The van der Waals surface area contributed by atoms with Crippen LogP contribution in [0.2, 0.25) is 10.0 Å². The first kappa shape index (κ1) is 18.4. The van der Waals surface area contributed by atoms with Crippen molar-refractivity contribution in [1.29, 1.82) is 0 Å². The third-order valence-corrected chi connectivity index (χ3v) is 5.02. The van der Waals surface area contributed by atoms with Gasteiger partial charge in [0.05, 0.1) is 10.0 Å². The summed E-state index contributed by atoms with van der Waals surface area (Å²) in [5.41, 5.74) is 1.63. The maximum Gasteiger partial charge on any atom is 0.246 e. The van der Waals surface area contributed by atoms with E-state index in [4.69, 9.17) is 23.2 Å². The molecular weight excluding hydrogens is 375 g/mol. The molecule has 0 unspecified atom stereocenters. The fraction of sp³-hybridized carbons (Fsp3) is 0.211. The van der Waals surface area contributed by atoms with Gasteiger partial charge in [-0.15, -0.1) is 0 Å². The molecule has 1 saturated heterocycles. The largest absolute Gasteiger partial charge is 0.504 e. The van der Waals surface area contributed by atoms with Gasteiger partial charge < -0.3 is 20.0 Å². The summed E-state index contributed by atoms with van der Waals surface area (Å²) >= 11 is 12.0. The minimum Gasteiger partial charge on any atom is -0.504 e. The molecule has 7 heteroatoms. The summed E-state index contributed by atoms with van der Waals surface area (Å²) in [6.07, 6.45) is 3.09. The van der Waals surface area contributed by atoms with E-state index in [1.54, 1.807) is 23.1 Å². The van der Waals surface area contributed by atoms with Crippen molar-refractivity contribution in [2.45, 2.75) is 0 Å². The maximum atomic E-state index is 12.3. The van der Waals surface area contributed by atoms with Crippen molar-refractivity contribution in [3.63, 3.8) is 0 Å². The zero-order valence-corrected chi connectivity index (χ0v) is 15.4. The quantitative estimate of drug-likeness (QED) is 0.616. The first-order valence-electron chi connectivity index (χ1n) is 8.13. The molecule has 1 fully saturated rings. The molecule has 5 nitrogen and oxygen atoms in total. The highest BCUT2D eigenvalue weighted by Gasteiger charge is 2.20. The predicted molar refractivity (Wildman–Crippen MR) is 104 cm³/mol. The van der Waals surface area contributed by atoms with E-state index in [1.165, 1.54) is 18.2 Å². The molecule has 2 N–H and O–H groups in total. The zero-order chi connectivity index (χ0) is 18.7. The monoisotopic (exact) mass is 392 g/mol. The smallest absolute Gasteiger partial charge is 0.246 e. The predicted octanol–water partition coefficient (Wildman–Crippen LogP) is 3.77. The van der Waals surface area contributed by atoms with E-state index >= 15 is 0 Å². The molecule has 26 heavy (non-hydrogen) atoms. The van der Waals surface area contributed by atoms with Gasteiger partial charge in [0, 0.05) is 37.9 Å². The second-order valence-corrected chi connectivity index (χ2v) is 6.81. The standard InChI is InChI=1S/C19H18Cl2N2O3/c20-15-4-3-14(12-16(15)21)22-7-9-23(10-8-22)19(26)6-2-13-1-5-17(24)18(25)11-13/h1-6,11-12,24-25H,7-10H2/b6-2+. The van der Waals surface area contributed by atoms with Crippen molar-refractivity contribution >= 4 is 40.9 Å². The van der Waals surface area contributed by atoms with Gasteiger partial charge in [0.15, 0.2) is 11.5 Å². The second-order valence-electron chi connectivity index (χ2n) is 5.99. The SMILES string of the molecule is O=C(/C=C/c1ccc(O)c(O)c1)N1CCN(c2ccc(Cl)c(Cl)c2)CC1. The lowest BCUT2D eigenvalue weighted by Gasteiger charge is -2.35. The molecule has 3 rings (SSSR count). The van der Waals surface area contributed by atoms with Crippen molar-refractivity contribution in [3.05, 3.63) is 58.1 Å². The number of benzene rings is 2. The molecule has 0 spiro atoms. The topological polar surface area (TPSA) is 64.0 Å². The Balaban J connectivity index is 1.58. The van der Waals surface area contributed by atoms with Crippen molar-refractivity contribution in [2.24, 2.45) is 0 Å². The summed E-state index contributed by atoms with van der Waals surface area (Å²) in [5, 5.41) is 19.8. The molecule has 1 aliphatic rings. The van der Waals surface area contributed by atoms with Crippen LogP contribution < -0.4 is 4.90 Å². The number of amides is 1. The number of anilines is 1. The number of aromatic hydroxyl groups is 2. The molecule has 2 aromatic carbocycles. The lowest BCUT2D eigenvalue weighted by molar-refractivity contribution is -0.126. The van der Waals surface area contributed by atoms with Crippen LogP contribution in [-0.4, -0.2) is 47.2 Å². The lowest BCUT2D eigenvalue weighted by Crippen LogP contribution is -2.48. The Morgan fingerprint density at radius 2 is 1.65 bits per heavy atom. The van der Waals surface area contributed by atoms with Crippen molar-refractivity contribution < 1.29 is 15.0 Å². The number of hydrogen-bond acceptors (Lipinski definition) is 4. The van der Waals surface area contributed by atoms with Crippen molar-refractivity contribution in [3.8, 4) is 11.5 Å². The third-order valence-electron chi connectivity index (χ3n) is 4.28. The van der Waals surface area contributed by atoms with E-state index in [-0.39, 0.29) is 17.4 Å². The highest BCUT2D eigenvalue weighted by atomic mass is 35.5. The van der Waals surface area contributed by atoms with Gasteiger partial charge in [-0.25, -0.2) is 0 Å². The van der Waals surface area contributed by atoms with Gasteiger partial charge in [-0.3, -0.25) is 4.79 Å². The summed E-state index contributed by atoms with van der Waals surface area (Å²) in [6.45, 7) is 2.61. The molecular formula is C19H18Cl2N2O3.